The van der Waals surface area contributed by atoms with Gasteiger partial charge < -0.3 is 15.3 Å². The topological polar surface area (TPSA) is 52.6 Å². The third-order valence-corrected chi connectivity index (χ3v) is 5.35. The number of carboxylic acid groups (broad SMARTS) is 1. The fourth-order valence-corrected chi connectivity index (χ4v) is 3.79. The van der Waals surface area contributed by atoms with Crippen LogP contribution in [-0.4, -0.2) is 47.7 Å². The first kappa shape index (κ1) is 16.8. The lowest BCUT2D eigenvalue weighted by Crippen LogP contribution is -2.55. The molecule has 4 nitrogen and oxygen atoms in total. The summed E-state index contributed by atoms with van der Waals surface area (Å²) in [5, 5.41) is 13.1. The number of nitrogens with one attached hydrogen (secondary N) is 1. The molecular formula is C17H32N2O2. The molecule has 0 spiro atoms. The molecular weight excluding hydrogens is 264 g/mol. The van der Waals surface area contributed by atoms with Crippen LogP contribution in [0.3, 0.4) is 0 Å². The molecule has 122 valence electrons. The van der Waals surface area contributed by atoms with E-state index >= 15 is 0 Å². The van der Waals surface area contributed by atoms with Gasteiger partial charge in [-0.1, -0.05) is 20.3 Å². The van der Waals surface area contributed by atoms with Crippen LogP contribution >= 0.6 is 0 Å². The van der Waals surface area contributed by atoms with Gasteiger partial charge in [-0.25, -0.2) is 0 Å². The minimum Gasteiger partial charge on any atom is -0.480 e. The lowest BCUT2D eigenvalue weighted by Gasteiger charge is -2.34. The molecule has 2 saturated carbocycles. The first-order chi connectivity index (χ1) is 10.1. The molecule has 0 aliphatic heterocycles. The first-order valence-electron chi connectivity index (χ1n) is 8.83. The fraction of sp³-hybridized carbons (Fsp3) is 0.941. The summed E-state index contributed by atoms with van der Waals surface area (Å²) in [5.41, 5.74) is -0.658. The lowest BCUT2D eigenvalue weighted by molar-refractivity contribution is -0.146. The molecule has 0 radical (unpaired) electrons. The summed E-state index contributed by atoms with van der Waals surface area (Å²) in [5.74, 6) is 0.564. The van der Waals surface area contributed by atoms with Crippen LogP contribution in [0.5, 0.6) is 0 Å². The number of carboxylic acids is 1. The summed E-state index contributed by atoms with van der Waals surface area (Å²) >= 11 is 0. The third kappa shape index (κ3) is 4.19. The molecule has 0 aromatic carbocycles. The highest BCUT2D eigenvalue weighted by molar-refractivity contribution is 5.79. The van der Waals surface area contributed by atoms with Crippen LogP contribution < -0.4 is 5.32 Å². The number of hydrogen-bond acceptors (Lipinski definition) is 3. The van der Waals surface area contributed by atoms with Crippen molar-refractivity contribution in [1.82, 2.24) is 10.2 Å². The summed E-state index contributed by atoms with van der Waals surface area (Å²) in [6.07, 6.45) is 7.68. The van der Waals surface area contributed by atoms with E-state index in [9.17, 15) is 9.90 Å². The number of hydrogen-bond donors (Lipinski definition) is 2. The van der Waals surface area contributed by atoms with Crippen molar-refractivity contribution in [3.63, 3.8) is 0 Å². The Labute approximate surface area is 129 Å². The van der Waals surface area contributed by atoms with E-state index in [2.05, 4.69) is 24.1 Å². The van der Waals surface area contributed by atoms with Crippen LogP contribution in [0.15, 0.2) is 0 Å². The van der Waals surface area contributed by atoms with E-state index in [1.165, 1.54) is 19.4 Å². The molecule has 2 aliphatic carbocycles. The third-order valence-electron chi connectivity index (χ3n) is 5.35. The summed E-state index contributed by atoms with van der Waals surface area (Å²) in [4.78, 5) is 14.4. The zero-order chi connectivity index (χ0) is 15.3. The van der Waals surface area contributed by atoms with Crippen molar-refractivity contribution in [3.05, 3.63) is 0 Å². The Morgan fingerprint density at radius 2 is 2.10 bits per heavy atom. The van der Waals surface area contributed by atoms with Crippen LogP contribution in [0.2, 0.25) is 0 Å². The molecule has 2 rings (SSSR count). The summed E-state index contributed by atoms with van der Waals surface area (Å²) in [6, 6.07) is 0. The predicted octanol–water partition coefficient (Wildman–Crippen LogP) is 2.73. The van der Waals surface area contributed by atoms with Crippen LogP contribution in [0.4, 0.5) is 0 Å². The van der Waals surface area contributed by atoms with Crippen molar-refractivity contribution in [1.29, 1.82) is 0 Å². The molecule has 0 bridgehead atoms. The van der Waals surface area contributed by atoms with Crippen LogP contribution in [0.1, 0.15) is 58.8 Å². The van der Waals surface area contributed by atoms with Crippen molar-refractivity contribution in [2.45, 2.75) is 64.3 Å². The molecule has 2 aliphatic rings. The lowest BCUT2D eigenvalue weighted by atomic mass is 9.84. The molecule has 0 heterocycles. The van der Waals surface area contributed by atoms with Gasteiger partial charge in [-0.3, -0.25) is 4.79 Å². The molecule has 0 saturated heterocycles. The van der Waals surface area contributed by atoms with Gasteiger partial charge in [-0.05, 0) is 70.0 Å². The fourth-order valence-electron chi connectivity index (χ4n) is 3.79. The van der Waals surface area contributed by atoms with Gasteiger partial charge in [-0.2, -0.15) is 0 Å². The SMILES string of the molecule is CCCNC1(C(=O)O)CCCC1CCN(CC)CC1CC1. The van der Waals surface area contributed by atoms with Crippen LogP contribution in [0, 0.1) is 11.8 Å². The van der Waals surface area contributed by atoms with Gasteiger partial charge in [0.15, 0.2) is 0 Å². The molecule has 4 heteroatoms. The van der Waals surface area contributed by atoms with E-state index in [0.29, 0.717) is 0 Å². The molecule has 0 aromatic rings. The number of aliphatic carboxylic acids is 1. The van der Waals surface area contributed by atoms with Crippen molar-refractivity contribution in [2.75, 3.05) is 26.2 Å². The Morgan fingerprint density at radius 3 is 2.67 bits per heavy atom. The van der Waals surface area contributed by atoms with Gasteiger partial charge in [0.1, 0.15) is 5.54 Å². The van der Waals surface area contributed by atoms with Crippen molar-refractivity contribution in [3.8, 4) is 0 Å². The van der Waals surface area contributed by atoms with E-state index in [-0.39, 0.29) is 5.92 Å². The second kappa shape index (κ2) is 7.59. The van der Waals surface area contributed by atoms with E-state index < -0.39 is 11.5 Å². The van der Waals surface area contributed by atoms with Crippen molar-refractivity contribution in [2.24, 2.45) is 11.8 Å². The normalized spacial score (nSPS) is 29.2. The van der Waals surface area contributed by atoms with Gasteiger partial charge in [0.25, 0.3) is 0 Å². The van der Waals surface area contributed by atoms with Gasteiger partial charge in [-0.15, -0.1) is 0 Å². The maximum absolute atomic E-state index is 11.9. The highest BCUT2D eigenvalue weighted by Crippen LogP contribution is 2.38. The van der Waals surface area contributed by atoms with Gasteiger partial charge in [0.05, 0.1) is 0 Å². The summed E-state index contributed by atoms with van der Waals surface area (Å²) < 4.78 is 0. The zero-order valence-electron chi connectivity index (χ0n) is 13.7. The molecule has 2 fully saturated rings. The number of rotatable bonds is 10. The van der Waals surface area contributed by atoms with Crippen molar-refractivity contribution < 1.29 is 9.90 Å². The minimum absolute atomic E-state index is 0.287. The maximum Gasteiger partial charge on any atom is 0.324 e. The van der Waals surface area contributed by atoms with E-state index in [1.54, 1.807) is 0 Å². The van der Waals surface area contributed by atoms with Crippen LogP contribution in [-0.2, 0) is 4.79 Å². The predicted molar refractivity (Wildman–Crippen MR) is 85.5 cm³/mol. The Morgan fingerprint density at radius 1 is 1.33 bits per heavy atom. The Balaban J connectivity index is 1.90. The van der Waals surface area contributed by atoms with E-state index in [1.807, 2.05) is 0 Å². The maximum atomic E-state index is 11.9. The van der Waals surface area contributed by atoms with Crippen LogP contribution in [0.25, 0.3) is 0 Å². The van der Waals surface area contributed by atoms with Crippen molar-refractivity contribution >= 4 is 5.97 Å². The second-order valence-electron chi connectivity index (χ2n) is 6.92. The highest BCUT2D eigenvalue weighted by Gasteiger charge is 2.48. The smallest absolute Gasteiger partial charge is 0.324 e. The summed E-state index contributed by atoms with van der Waals surface area (Å²) in [6.45, 7) is 8.48. The molecule has 2 atom stereocenters. The molecule has 0 amide bonds. The van der Waals surface area contributed by atoms with Gasteiger partial charge in [0.2, 0.25) is 0 Å². The highest BCUT2D eigenvalue weighted by atomic mass is 16.4. The Bertz CT molecular complexity index is 344. The summed E-state index contributed by atoms with van der Waals surface area (Å²) in [7, 11) is 0. The number of carbonyl (C=O) groups is 1. The van der Waals surface area contributed by atoms with E-state index in [0.717, 1.165) is 57.7 Å². The largest absolute Gasteiger partial charge is 0.480 e. The standard InChI is InChI=1S/C17H32N2O2/c1-3-11-18-17(16(20)21)10-5-6-15(17)9-12-19(4-2)13-14-7-8-14/h14-15,18H,3-13H2,1-2H3,(H,20,21). The van der Waals surface area contributed by atoms with Gasteiger partial charge in [0, 0.05) is 6.54 Å². The molecule has 2 unspecified atom stereocenters. The first-order valence-corrected chi connectivity index (χ1v) is 8.83. The Hall–Kier alpha value is -0.610. The zero-order valence-corrected chi connectivity index (χ0v) is 13.7. The monoisotopic (exact) mass is 296 g/mol. The Kier molecular flexibility index (Phi) is 6.06. The van der Waals surface area contributed by atoms with E-state index in [4.69, 9.17) is 0 Å². The number of nitrogens with zero attached hydrogens (tertiary/aromatic N) is 1. The molecule has 2 N–H and O–H groups in total. The second-order valence-corrected chi connectivity index (χ2v) is 6.92. The quantitative estimate of drug-likeness (QED) is 0.651. The van der Waals surface area contributed by atoms with Gasteiger partial charge >= 0.3 is 5.97 Å². The molecule has 21 heavy (non-hydrogen) atoms. The minimum atomic E-state index is -0.658. The molecule has 0 aromatic heterocycles. The average Bonchev–Trinajstić information content (AvgIpc) is 3.19. The average molecular weight is 296 g/mol.